The van der Waals surface area contributed by atoms with Gasteiger partial charge in [-0.2, -0.15) is 0 Å². The molecule has 2 atom stereocenters. The summed E-state index contributed by atoms with van der Waals surface area (Å²) in [7, 11) is -0.683. The lowest BCUT2D eigenvalue weighted by Gasteiger charge is -2.37. The molecule has 2 bridgehead atoms. The van der Waals surface area contributed by atoms with E-state index in [0.717, 1.165) is 45.3 Å². The third-order valence-corrected chi connectivity index (χ3v) is 6.95. The number of rotatable bonds is 4. The van der Waals surface area contributed by atoms with E-state index in [1.807, 2.05) is 0 Å². The van der Waals surface area contributed by atoms with E-state index in [2.05, 4.69) is 0 Å². The highest BCUT2D eigenvalue weighted by molar-refractivity contribution is 7.86. The van der Waals surface area contributed by atoms with E-state index >= 15 is 0 Å². The fourth-order valence-electron chi connectivity index (χ4n) is 3.66. The van der Waals surface area contributed by atoms with Crippen molar-refractivity contribution in [3.63, 3.8) is 0 Å². The average Bonchev–Trinajstić information content (AvgIpc) is 2.45. The zero-order valence-electron chi connectivity index (χ0n) is 11.9. The summed E-state index contributed by atoms with van der Waals surface area (Å²) in [6.07, 6.45) is 6.93. The van der Waals surface area contributed by atoms with Gasteiger partial charge in [0.15, 0.2) is 6.29 Å². The highest BCUT2D eigenvalue weighted by atomic mass is 32.2. The Hall–Kier alpha value is -0.260. The van der Waals surface area contributed by atoms with Crippen LogP contribution in [-0.4, -0.2) is 40.0 Å². The maximum atomic E-state index is 12.4. The Morgan fingerprint density at radius 3 is 2.35 bits per heavy atom. The fourth-order valence-corrected chi connectivity index (χ4v) is 5.85. The van der Waals surface area contributed by atoms with Gasteiger partial charge in [0, 0.05) is 40.1 Å². The van der Waals surface area contributed by atoms with Crippen LogP contribution >= 0.6 is 0 Å². The number of hydrogen-bond acceptors (Lipinski definition) is 4. The summed E-state index contributed by atoms with van der Waals surface area (Å²) in [5, 5.41) is 0.553. The van der Waals surface area contributed by atoms with Gasteiger partial charge in [-0.25, -0.2) is 0 Å². The number of carbonyl (C=O) groups is 1. The molecule has 3 rings (SSSR count). The minimum Gasteiger partial charge on any atom is -0.353 e. The highest BCUT2D eigenvalue weighted by Crippen LogP contribution is 2.37. The Balaban J connectivity index is 1.49. The fraction of sp³-hybridized carbons (Fsp3) is 0.933. The maximum Gasteiger partial charge on any atom is 0.157 e. The number of ketones is 1. The molecular weight excluding hydrogens is 276 g/mol. The molecule has 3 aliphatic heterocycles. The van der Waals surface area contributed by atoms with Crippen molar-refractivity contribution < 1.29 is 18.5 Å². The monoisotopic (exact) mass is 300 g/mol. The first-order valence-corrected chi connectivity index (χ1v) is 9.17. The van der Waals surface area contributed by atoms with E-state index in [1.54, 1.807) is 0 Å². The van der Waals surface area contributed by atoms with Crippen LogP contribution in [0, 0.1) is 5.92 Å². The minimum absolute atomic E-state index is 0.131. The standard InChI is InChI=1S/C15H24O4S/c16-14(5-6-15-18-7-2-8-19-15)11-9-12-3-1-4-13(10-11)20(12)17/h11-13,15H,1-10H2. The molecule has 114 valence electrons. The summed E-state index contributed by atoms with van der Waals surface area (Å²) in [6.45, 7) is 1.48. The predicted molar refractivity (Wildman–Crippen MR) is 76.8 cm³/mol. The van der Waals surface area contributed by atoms with Crippen LogP contribution < -0.4 is 0 Å². The van der Waals surface area contributed by atoms with Crippen LogP contribution in [0.2, 0.25) is 0 Å². The second-order valence-corrected chi connectivity index (χ2v) is 8.19. The molecule has 0 amide bonds. The first-order valence-electron chi connectivity index (χ1n) is 7.89. The van der Waals surface area contributed by atoms with Gasteiger partial charge in [-0.1, -0.05) is 6.42 Å². The summed E-state index contributed by atoms with van der Waals surface area (Å²) in [6, 6.07) is 0. The van der Waals surface area contributed by atoms with Gasteiger partial charge in [-0.15, -0.1) is 0 Å². The Kier molecular flexibility index (Phi) is 4.89. The lowest BCUT2D eigenvalue weighted by atomic mass is 9.85. The van der Waals surface area contributed by atoms with Crippen molar-refractivity contribution >= 4 is 16.6 Å². The number of fused-ring (bicyclic) bond motifs is 2. The van der Waals surface area contributed by atoms with E-state index in [4.69, 9.17) is 9.47 Å². The second kappa shape index (κ2) is 6.67. The maximum absolute atomic E-state index is 12.4. The molecule has 0 saturated carbocycles. The SMILES string of the molecule is O=C(CCC1OCCCO1)C1CC2CCCC(C1)S2=O. The summed E-state index contributed by atoms with van der Waals surface area (Å²) in [5.74, 6) is 0.461. The van der Waals surface area contributed by atoms with Crippen LogP contribution in [0.3, 0.4) is 0 Å². The van der Waals surface area contributed by atoms with Crippen molar-refractivity contribution in [3.8, 4) is 0 Å². The van der Waals surface area contributed by atoms with Crippen LogP contribution in [0.15, 0.2) is 0 Å². The first-order chi connectivity index (χ1) is 9.74. The molecule has 0 spiro atoms. The topological polar surface area (TPSA) is 52.6 Å². The average molecular weight is 300 g/mol. The van der Waals surface area contributed by atoms with Crippen LogP contribution in [0.4, 0.5) is 0 Å². The van der Waals surface area contributed by atoms with Crippen molar-refractivity contribution in [2.24, 2.45) is 5.92 Å². The van der Waals surface area contributed by atoms with Crippen LogP contribution in [0.25, 0.3) is 0 Å². The summed E-state index contributed by atoms with van der Waals surface area (Å²) in [5.41, 5.74) is 0. The van der Waals surface area contributed by atoms with E-state index in [-0.39, 0.29) is 22.7 Å². The molecule has 0 aromatic rings. The minimum atomic E-state index is -0.683. The smallest absolute Gasteiger partial charge is 0.157 e. The van der Waals surface area contributed by atoms with Crippen molar-refractivity contribution in [2.75, 3.05) is 13.2 Å². The molecule has 3 saturated heterocycles. The zero-order valence-corrected chi connectivity index (χ0v) is 12.7. The largest absolute Gasteiger partial charge is 0.353 e. The lowest BCUT2D eigenvalue weighted by Crippen LogP contribution is -2.41. The van der Waals surface area contributed by atoms with Crippen molar-refractivity contribution in [1.82, 2.24) is 0 Å². The van der Waals surface area contributed by atoms with E-state index in [0.29, 0.717) is 18.6 Å². The molecule has 0 aromatic carbocycles. The Morgan fingerprint density at radius 1 is 1.05 bits per heavy atom. The van der Waals surface area contributed by atoms with Gasteiger partial charge in [0.1, 0.15) is 5.78 Å². The van der Waals surface area contributed by atoms with Gasteiger partial charge in [0.25, 0.3) is 0 Å². The van der Waals surface area contributed by atoms with Crippen LogP contribution in [0.1, 0.15) is 51.4 Å². The third-order valence-electron chi connectivity index (χ3n) is 4.78. The molecule has 0 radical (unpaired) electrons. The van der Waals surface area contributed by atoms with Gasteiger partial charge in [0.2, 0.25) is 0 Å². The molecule has 3 fully saturated rings. The van der Waals surface area contributed by atoms with E-state index in [9.17, 15) is 9.00 Å². The van der Waals surface area contributed by atoms with Gasteiger partial charge in [0.05, 0.1) is 13.2 Å². The molecule has 0 N–H and O–H groups in total. The molecular formula is C15H24O4S. The number of hydrogen-bond donors (Lipinski definition) is 0. The molecule has 3 heterocycles. The normalized spacial score (nSPS) is 38.6. The van der Waals surface area contributed by atoms with Gasteiger partial charge < -0.3 is 9.47 Å². The van der Waals surface area contributed by atoms with E-state index in [1.165, 1.54) is 6.42 Å². The number of Topliss-reactive ketones (excluding diaryl/α,β-unsaturated/α-hetero) is 1. The Bertz CT molecular complexity index is 362. The second-order valence-electron chi connectivity index (χ2n) is 6.20. The molecule has 2 unspecified atom stereocenters. The summed E-state index contributed by atoms with van der Waals surface area (Å²) < 4.78 is 23.1. The lowest BCUT2D eigenvalue weighted by molar-refractivity contribution is -0.182. The number of ether oxygens (including phenoxy) is 2. The number of carbonyl (C=O) groups excluding carboxylic acids is 1. The van der Waals surface area contributed by atoms with Gasteiger partial charge in [-0.3, -0.25) is 9.00 Å². The van der Waals surface area contributed by atoms with Crippen molar-refractivity contribution in [2.45, 2.75) is 68.2 Å². The van der Waals surface area contributed by atoms with Crippen LogP contribution in [-0.2, 0) is 25.1 Å². The van der Waals surface area contributed by atoms with Crippen molar-refractivity contribution in [3.05, 3.63) is 0 Å². The summed E-state index contributed by atoms with van der Waals surface area (Å²) >= 11 is 0. The van der Waals surface area contributed by atoms with Gasteiger partial charge >= 0.3 is 0 Å². The zero-order chi connectivity index (χ0) is 13.9. The first kappa shape index (κ1) is 14.7. The quantitative estimate of drug-likeness (QED) is 0.798. The van der Waals surface area contributed by atoms with Crippen molar-refractivity contribution in [1.29, 1.82) is 0 Å². The van der Waals surface area contributed by atoms with Crippen LogP contribution in [0.5, 0.6) is 0 Å². The molecule has 0 aliphatic carbocycles. The Morgan fingerprint density at radius 2 is 1.70 bits per heavy atom. The van der Waals surface area contributed by atoms with Gasteiger partial charge in [-0.05, 0) is 32.1 Å². The van der Waals surface area contributed by atoms with E-state index < -0.39 is 10.8 Å². The predicted octanol–water partition coefficient (Wildman–Crippen LogP) is 2.18. The third kappa shape index (κ3) is 3.31. The highest BCUT2D eigenvalue weighted by Gasteiger charge is 2.40. The molecule has 5 heteroatoms. The molecule has 20 heavy (non-hydrogen) atoms. The summed E-state index contributed by atoms with van der Waals surface area (Å²) in [4.78, 5) is 12.4. The molecule has 0 aromatic heterocycles. The molecule has 4 nitrogen and oxygen atoms in total. The molecule has 3 aliphatic rings. The Labute approximate surface area is 123 Å².